The summed E-state index contributed by atoms with van der Waals surface area (Å²) in [7, 11) is 0. The molecule has 0 amide bonds. The molecule has 2 unspecified atom stereocenters. The minimum absolute atomic E-state index is 0.602. The molecule has 2 atom stereocenters. The fourth-order valence-electron chi connectivity index (χ4n) is 5.79. The summed E-state index contributed by atoms with van der Waals surface area (Å²) in [5, 5.41) is 5.66. The van der Waals surface area contributed by atoms with Crippen molar-refractivity contribution >= 4 is 11.0 Å². The average molecular weight is 311 g/mol. The molecule has 1 aliphatic carbocycles. The first-order valence-corrected chi connectivity index (χ1v) is 9.52. The zero-order valence-electron chi connectivity index (χ0n) is 13.9. The van der Waals surface area contributed by atoms with E-state index in [1.807, 2.05) is 12.1 Å². The molecule has 1 aromatic heterocycles. The molecule has 3 fully saturated rings. The van der Waals surface area contributed by atoms with E-state index in [4.69, 9.17) is 4.52 Å². The first kappa shape index (κ1) is 14.0. The quantitative estimate of drug-likeness (QED) is 0.732. The lowest BCUT2D eigenvalue weighted by Crippen LogP contribution is -2.51. The maximum absolute atomic E-state index is 5.54. The van der Waals surface area contributed by atoms with Crippen molar-refractivity contribution < 1.29 is 9.01 Å². The number of para-hydroxylation sites is 1. The van der Waals surface area contributed by atoms with E-state index in [0.717, 1.165) is 17.4 Å². The van der Waals surface area contributed by atoms with Gasteiger partial charge >= 0.3 is 0 Å². The van der Waals surface area contributed by atoms with Crippen LogP contribution in [0, 0.1) is 11.8 Å². The first-order valence-electron chi connectivity index (χ1n) is 9.52. The van der Waals surface area contributed by atoms with Crippen molar-refractivity contribution in [3.63, 3.8) is 0 Å². The van der Waals surface area contributed by atoms with Crippen molar-refractivity contribution in [3.05, 3.63) is 30.0 Å². The number of rotatable bonds is 1. The van der Waals surface area contributed by atoms with Gasteiger partial charge in [-0.15, -0.1) is 0 Å². The SMILES string of the molecule is c1ccc2c(C3CC[N+]4(CC3)CC3CCCCC3C4)noc2c1. The summed E-state index contributed by atoms with van der Waals surface area (Å²) in [6.45, 7) is 5.66. The van der Waals surface area contributed by atoms with Crippen molar-refractivity contribution in [3.8, 4) is 0 Å². The van der Waals surface area contributed by atoms with Crippen LogP contribution in [0.2, 0.25) is 0 Å². The van der Waals surface area contributed by atoms with Gasteiger partial charge in [-0.05, 0) is 25.0 Å². The molecule has 1 saturated carbocycles. The molecule has 2 aliphatic heterocycles. The highest BCUT2D eigenvalue weighted by Gasteiger charge is 2.47. The Morgan fingerprint density at radius 3 is 2.35 bits per heavy atom. The Labute approximate surface area is 138 Å². The van der Waals surface area contributed by atoms with Crippen LogP contribution >= 0.6 is 0 Å². The molecular weight excluding hydrogens is 284 g/mol. The summed E-state index contributed by atoms with van der Waals surface area (Å²) in [5.41, 5.74) is 2.17. The van der Waals surface area contributed by atoms with E-state index in [1.165, 1.54) is 80.3 Å². The Hall–Kier alpha value is -1.35. The molecule has 23 heavy (non-hydrogen) atoms. The highest BCUT2D eigenvalue weighted by molar-refractivity contribution is 5.79. The summed E-state index contributed by atoms with van der Waals surface area (Å²) in [5.74, 6) is 2.67. The number of fused-ring (bicyclic) bond motifs is 2. The van der Waals surface area contributed by atoms with Gasteiger partial charge in [-0.25, -0.2) is 0 Å². The van der Waals surface area contributed by atoms with Crippen LogP contribution in [-0.4, -0.2) is 35.8 Å². The lowest BCUT2D eigenvalue weighted by atomic mass is 9.82. The Morgan fingerprint density at radius 2 is 1.61 bits per heavy atom. The van der Waals surface area contributed by atoms with Gasteiger partial charge in [0.2, 0.25) is 0 Å². The molecule has 2 saturated heterocycles. The molecule has 3 heterocycles. The van der Waals surface area contributed by atoms with Crippen LogP contribution in [0.4, 0.5) is 0 Å². The molecule has 3 aliphatic rings. The van der Waals surface area contributed by atoms with E-state index in [9.17, 15) is 0 Å². The van der Waals surface area contributed by atoms with Gasteiger partial charge in [0, 0.05) is 36.0 Å². The van der Waals surface area contributed by atoms with E-state index >= 15 is 0 Å². The molecule has 122 valence electrons. The predicted octanol–water partition coefficient (Wildman–Crippen LogP) is 4.34. The van der Waals surface area contributed by atoms with Gasteiger partial charge in [0.05, 0.1) is 31.9 Å². The molecule has 2 aromatic rings. The number of nitrogens with zero attached hydrogens (tertiary/aromatic N) is 2. The van der Waals surface area contributed by atoms with Gasteiger partial charge in [0.15, 0.2) is 5.58 Å². The Kier molecular flexibility index (Phi) is 3.26. The highest BCUT2D eigenvalue weighted by atomic mass is 16.5. The summed E-state index contributed by atoms with van der Waals surface area (Å²) in [4.78, 5) is 0. The molecule has 3 nitrogen and oxygen atoms in total. The second-order valence-electron chi connectivity index (χ2n) is 8.30. The fraction of sp³-hybridized carbons (Fsp3) is 0.650. The van der Waals surface area contributed by atoms with Crippen LogP contribution in [-0.2, 0) is 0 Å². The zero-order valence-corrected chi connectivity index (χ0v) is 13.9. The van der Waals surface area contributed by atoms with E-state index in [-0.39, 0.29) is 0 Å². The van der Waals surface area contributed by atoms with E-state index in [1.54, 1.807) is 0 Å². The maximum atomic E-state index is 5.54. The number of hydrogen-bond acceptors (Lipinski definition) is 2. The fourth-order valence-corrected chi connectivity index (χ4v) is 5.79. The van der Waals surface area contributed by atoms with Crippen LogP contribution < -0.4 is 0 Å². The second kappa shape index (κ2) is 5.34. The lowest BCUT2D eigenvalue weighted by Gasteiger charge is -2.40. The van der Waals surface area contributed by atoms with Gasteiger partial charge in [0.25, 0.3) is 0 Å². The van der Waals surface area contributed by atoms with Gasteiger partial charge in [0.1, 0.15) is 0 Å². The monoisotopic (exact) mass is 311 g/mol. The highest BCUT2D eigenvalue weighted by Crippen LogP contribution is 2.44. The van der Waals surface area contributed by atoms with Crippen LogP contribution in [0.3, 0.4) is 0 Å². The number of quaternary nitrogens is 1. The largest absolute Gasteiger partial charge is 0.356 e. The third-order valence-corrected chi connectivity index (χ3v) is 7.01. The number of piperidine rings is 1. The Bertz CT molecular complexity index is 682. The van der Waals surface area contributed by atoms with Crippen LogP contribution in [0.15, 0.2) is 28.8 Å². The maximum Gasteiger partial charge on any atom is 0.167 e. The minimum Gasteiger partial charge on any atom is -0.356 e. The molecule has 5 rings (SSSR count). The lowest BCUT2D eigenvalue weighted by molar-refractivity contribution is -0.924. The summed E-state index contributed by atoms with van der Waals surface area (Å²) in [6.07, 6.45) is 8.54. The normalized spacial score (nSPS) is 37.3. The standard InChI is InChI=1S/C20H27N2O/c1-2-6-17-14-22(13-16(17)5-1)11-9-15(10-12-22)20-18-7-3-4-8-19(18)23-21-20/h3-4,7-8,15-17H,1-2,5-6,9-14H2/q+1. The van der Waals surface area contributed by atoms with Crippen molar-refractivity contribution in [1.29, 1.82) is 0 Å². The zero-order chi connectivity index (χ0) is 15.3. The van der Waals surface area contributed by atoms with Gasteiger partial charge in [-0.3, -0.25) is 0 Å². The summed E-state index contributed by atoms with van der Waals surface area (Å²) < 4.78 is 6.96. The smallest absolute Gasteiger partial charge is 0.167 e. The third kappa shape index (κ3) is 2.32. The molecule has 0 bridgehead atoms. The molecule has 0 N–H and O–H groups in total. The van der Waals surface area contributed by atoms with Crippen LogP contribution in [0.25, 0.3) is 11.0 Å². The van der Waals surface area contributed by atoms with E-state index in [0.29, 0.717) is 5.92 Å². The van der Waals surface area contributed by atoms with Crippen LogP contribution in [0.1, 0.15) is 50.1 Å². The van der Waals surface area contributed by atoms with Crippen molar-refractivity contribution in [1.82, 2.24) is 5.16 Å². The topological polar surface area (TPSA) is 26.0 Å². The Morgan fingerprint density at radius 1 is 0.913 bits per heavy atom. The van der Waals surface area contributed by atoms with Gasteiger partial charge in [-0.2, -0.15) is 0 Å². The van der Waals surface area contributed by atoms with Gasteiger partial charge < -0.3 is 9.01 Å². The summed E-state index contributed by atoms with van der Waals surface area (Å²) in [6, 6.07) is 8.34. The number of benzene rings is 1. The van der Waals surface area contributed by atoms with E-state index in [2.05, 4.69) is 17.3 Å². The third-order valence-electron chi connectivity index (χ3n) is 7.01. The molecule has 1 spiro atoms. The molecule has 1 aromatic carbocycles. The minimum atomic E-state index is 0.602. The average Bonchev–Trinajstić information content (AvgIpc) is 3.17. The summed E-state index contributed by atoms with van der Waals surface area (Å²) >= 11 is 0. The number of hydrogen-bond donors (Lipinski definition) is 0. The molecular formula is C20H27N2O+. The Balaban J connectivity index is 1.33. The molecule has 0 radical (unpaired) electrons. The van der Waals surface area contributed by atoms with Crippen LogP contribution in [0.5, 0.6) is 0 Å². The number of aromatic nitrogens is 1. The van der Waals surface area contributed by atoms with Gasteiger partial charge in [-0.1, -0.05) is 30.1 Å². The first-order chi connectivity index (χ1) is 11.3. The molecule has 3 heteroatoms. The van der Waals surface area contributed by atoms with E-state index < -0.39 is 0 Å². The second-order valence-corrected chi connectivity index (χ2v) is 8.30. The van der Waals surface area contributed by atoms with Crippen molar-refractivity contribution in [2.75, 3.05) is 26.2 Å². The van der Waals surface area contributed by atoms with Crippen molar-refractivity contribution in [2.45, 2.75) is 44.4 Å². The van der Waals surface area contributed by atoms with Crippen molar-refractivity contribution in [2.24, 2.45) is 11.8 Å². The predicted molar refractivity (Wildman–Crippen MR) is 91.2 cm³/mol.